The van der Waals surface area contributed by atoms with Crippen molar-refractivity contribution in [2.24, 2.45) is 5.92 Å². The number of amides is 1. The molecule has 5 nitrogen and oxygen atoms in total. The second-order valence-electron chi connectivity index (χ2n) is 9.03. The van der Waals surface area contributed by atoms with E-state index in [0.29, 0.717) is 0 Å². The zero-order valence-corrected chi connectivity index (χ0v) is 19.3. The van der Waals surface area contributed by atoms with Gasteiger partial charge in [-0.05, 0) is 62.1 Å². The molecule has 0 radical (unpaired) electrons. The zero-order chi connectivity index (χ0) is 22.8. The van der Waals surface area contributed by atoms with Crippen LogP contribution in [-0.2, 0) is 11.3 Å². The average molecular weight is 439 g/mol. The van der Waals surface area contributed by atoms with Crippen molar-refractivity contribution in [3.05, 3.63) is 89.5 Å². The molecule has 0 unspecified atom stereocenters. The molecule has 1 saturated heterocycles. The van der Waals surface area contributed by atoms with Crippen LogP contribution in [0.25, 0.3) is 11.0 Å². The molecule has 33 heavy (non-hydrogen) atoms. The number of fused-ring (bicyclic) bond motifs is 1. The monoisotopic (exact) mass is 438 g/mol. The van der Waals surface area contributed by atoms with E-state index in [-0.39, 0.29) is 11.8 Å². The largest absolute Gasteiger partial charge is 0.342 e. The van der Waals surface area contributed by atoms with Gasteiger partial charge in [0, 0.05) is 24.7 Å². The molecule has 5 rings (SSSR count). The van der Waals surface area contributed by atoms with E-state index in [1.807, 2.05) is 37.3 Å². The van der Waals surface area contributed by atoms with Gasteiger partial charge in [0.15, 0.2) is 0 Å². The van der Waals surface area contributed by atoms with Crippen molar-refractivity contribution in [1.82, 2.24) is 9.55 Å². The molecule has 1 fully saturated rings. The number of rotatable bonds is 5. The number of carbonyl (C=O) groups excluding carboxylic acids is 1. The minimum atomic E-state index is 0.0248. The van der Waals surface area contributed by atoms with E-state index in [9.17, 15) is 4.79 Å². The van der Waals surface area contributed by atoms with Crippen LogP contribution < -0.4 is 10.2 Å². The lowest BCUT2D eigenvalue weighted by atomic mass is 9.96. The van der Waals surface area contributed by atoms with Crippen LogP contribution in [0.15, 0.2) is 72.8 Å². The van der Waals surface area contributed by atoms with Crippen molar-refractivity contribution in [3.8, 4) is 0 Å². The van der Waals surface area contributed by atoms with Gasteiger partial charge in [-0.15, -0.1) is 0 Å². The number of anilines is 2. The molecule has 1 amide bonds. The summed E-state index contributed by atoms with van der Waals surface area (Å²) in [4.78, 5) is 20.2. The quantitative estimate of drug-likeness (QED) is 0.444. The lowest BCUT2D eigenvalue weighted by Gasteiger charge is -2.32. The van der Waals surface area contributed by atoms with Crippen molar-refractivity contribution in [2.75, 3.05) is 23.3 Å². The van der Waals surface area contributed by atoms with Crippen LogP contribution in [0.2, 0.25) is 0 Å². The van der Waals surface area contributed by atoms with Crippen LogP contribution >= 0.6 is 0 Å². The zero-order valence-electron chi connectivity index (χ0n) is 19.3. The van der Waals surface area contributed by atoms with E-state index >= 15 is 0 Å². The number of para-hydroxylation sites is 2. The maximum absolute atomic E-state index is 12.8. The number of aromatic nitrogens is 2. The molecule has 4 aromatic rings. The van der Waals surface area contributed by atoms with E-state index < -0.39 is 0 Å². The summed E-state index contributed by atoms with van der Waals surface area (Å²) in [7, 11) is 0. The SMILES string of the molecule is Cc1ccc(NC(=O)C2CCN(c3nc4ccccc4n3Cc3ccccc3C)CC2)cc1. The van der Waals surface area contributed by atoms with Crippen molar-refractivity contribution < 1.29 is 4.79 Å². The van der Waals surface area contributed by atoms with E-state index in [2.05, 4.69) is 64.2 Å². The van der Waals surface area contributed by atoms with Crippen LogP contribution in [0.3, 0.4) is 0 Å². The normalized spacial score (nSPS) is 14.5. The Bertz CT molecular complexity index is 1270. The molecular formula is C28H30N4O. The van der Waals surface area contributed by atoms with Crippen LogP contribution in [0, 0.1) is 19.8 Å². The Labute approximate surface area is 195 Å². The van der Waals surface area contributed by atoms with Gasteiger partial charge in [0.1, 0.15) is 0 Å². The van der Waals surface area contributed by atoms with E-state index in [1.54, 1.807) is 0 Å². The molecule has 0 bridgehead atoms. The number of imidazole rings is 1. The van der Waals surface area contributed by atoms with Crippen LogP contribution in [0.5, 0.6) is 0 Å². The molecule has 0 aliphatic carbocycles. The number of nitrogens with zero attached hydrogens (tertiary/aromatic N) is 3. The van der Waals surface area contributed by atoms with Crippen LogP contribution in [0.4, 0.5) is 11.6 Å². The number of hydrogen-bond acceptors (Lipinski definition) is 3. The Balaban J connectivity index is 1.33. The lowest BCUT2D eigenvalue weighted by molar-refractivity contribution is -0.120. The van der Waals surface area contributed by atoms with E-state index in [4.69, 9.17) is 4.98 Å². The second-order valence-corrected chi connectivity index (χ2v) is 9.03. The van der Waals surface area contributed by atoms with Crippen molar-refractivity contribution in [2.45, 2.75) is 33.2 Å². The summed E-state index contributed by atoms with van der Waals surface area (Å²) < 4.78 is 2.32. The number of hydrogen-bond donors (Lipinski definition) is 1. The van der Waals surface area contributed by atoms with Crippen LogP contribution in [0.1, 0.15) is 29.5 Å². The highest BCUT2D eigenvalue weighted by molar-refractivity contribution is 5.92. The molecule has 0 atom stereocenters. The minimum absolute atomic E-state index is 0.0248. The first-order chi connectivity index (χ1) is 16.1. The van der Waals surface area contributed by atoms with Crippen molar-refractivity contribution >= 4 is 28.6 Å². The maximum Gasteiger partial charge on any atom is 0.227 e. The average Bonchev–Trinajstić information content (AvgIpc) is 3.20. The number of carbonyl (C=O) groups is 1. The molecule has 168 valence electrons. The number of piperidine rings is 1. The number of nitrogens with one attached hydrogen (secondary N) is 1. The van der Waals surface area contributed by atoms with E-state index in [0.717, 1.165) is 55.1 Å². The van der Waals surface area contributed by atoms with E-state index in [1.165, 1.54) is 16.7 Å². The number of aryl methyl sites for hydroxylation is 2. The van der Waals surface area contributed by atoms with Gasteiger partial charge in [-0.1, -0.05) is 54.1 Å². The third-order valence-electron chi connectivity index (χ3n) is 6.69. The molecule has 1 N–H and O–H groups in total. The Morgan fingerprint density at radius 1 is 0.939 bits per heavy atom. The van der Waals surface area contributed by atoms with Crippen molar-refractivity contribution in [1.29, 1.82) is 0 Å². The van der Waals surface area contributed by atoms with Crippen LogP contribution in [-0.4, -0.2) is 28.5 Å². The summed E-state index contributed by atoms with van der Waals surface area (Å²) in [6, 6.07) is 24.9. The highest BCUT2D eigenvalue weighted by Gasteiger charge is 2.28. The first-order valence-electron chi connectivity index (χ1n) is 11.7. The summed E-state index contributed by atoms with van der Waals surface area (Å²) in [6.45, 7) is 6.64. The smallest absolute Gasteiger partial charge is 0.227 e. The topological polar surface area (TPSA) is 50.2 Å². The van der Waals surface area contributed by atoms with Gasteiger partial charge in [-0.3, -0.25) is 4.79 Å². The molecular weight excluding hydrogens is 408 g/mol. The Hall–Kier alpha value is -3.60. The van der Waals surface area contributed by atoms with Gasteiger partial charge in [0.05, 0.1) is 17.6 Å². The molecule has 1 aliphatic rings. The fourth-order valence-electron chi connectivity index (χ4n) is 4.64. The minimum Gasteiger partial charge on any atom is -0.342 e. The molecule has 0 saturated carbocycles. The predicted molar refractivity (Wildman–Crippen MR) is 135 cm³/mol. The Kier molecular flexibility index (Phi) is 5.86. The van der Waals surface area contributed by atoms with Gasteiger partial charge < -0.3 is 14.8 Å². The second kappa shape index (κ2) is 9.10. The highest BCUT2D eigenvalue weighted by atomic mass is 16.1. The summed E-state index contributed by atoms with van der Waals surface area (Å²) in [6.07, 6.45) is 1.65. The fraction of sp³-hybridized carbons (Fsp3) is 0.286. The number of benzene rings is 3. The van der Waals surface area contributed by atoms with Gasteiger partial charge >= 0.3 is 0 Å². The standard InChI is InChI=1S/C28H30N4O/c1-20-11-13-24(14-12-20)29-27(33)22-15-17-31(18-16-22)28-30-25-9-5-6-10-26(25)32(28)19-23-8-4-3-7-21(23)2/h3-14,22H,15-19H2,1-2H3,(H,29,33). The molecule has 2 heterocycles. The third-order valence-corrected chi connectivity index (χ3v) is 6.69. The molecule has 5 heteroatoms. The highest BCUT2D eigenvalue weighted by Crippen LogP contribution is 2.29. The maximum atomic E-state index is 12.8. The summed E-state index contributed by atoms with van der Waals surface area (Å²) in [5.74, 6) is 1.14. The molecule has 1 aliphatic heterocycles. The van der Waals surface area contributed by atoms with Gasteiger partial charge in [0.25, 0.3) is 0 Å². The lowest BCUT2D eigenvalue weighted by Crippen LogP contribution is -2.39. The first-order valence-corrected chi connectivity index (χ1v) is 11.7. The Morgan fingerprint density at radius 2 is 1.64 bits per heavy atom. The summed E-state index contributed by atoms with van der Waals surface area (Å²) in [5.41, 5.74) is 6.81. The molecule has 3 aromatic carbocycles. The molecule has 0 spiro atoms. The van der Waals surface area contributed by atoms with Gasteiger partial charge in [0.2, 0.25) is 11.9 Å². The van der Waals surface area contributed by atoms with Gasteiger partial charge in [-0.25, -0.2) is 4.98 Å². The van der Waals surface area contributed by atoms with Crippen molar-refractivity contribution in [3.63, 3.8) is 0 Å². The molecule has 1 aromatic heterocycles. The first kappa shape index (κ1) is 21.3. The summed E-state index contributed by atoms with van der Waals surface area (Å²) >= 11 is 0. The third kappa shape index (κ3) is 4.49. The van der Waals surface area contributed by atoms with Gasteiger partial charge in [-0.2, -0.15) is 0 Å². The summed E-state index contributed by atoms with van der Waals surface area (Å²) in [5, 5.41) is 3.09. The Morgan fingerprint density at radius 3 is 2.39 bits per heavy atom. The fourth-order valence-corrected chi connectivity index (χ4v) is 4.64. The predicted octanol–water partition coefficient (Wildman–Crippen LogP) is 5.56.